The molecule has 2 heterocycles. The number of rotatable bonds is 5. The Morgan fingerprint density at radius 1 is 1.65 bits per heavy atom. The molecule has 110 valence electrons. The molecule has 1 aromatic rings. The summed E-state index contributed by atoms with van der Waals surface area (Å²) in [6.45, 7) is 0.389. The zero-order valence-corrected chi connectivity index (χ0v) is 11.4. The maximum absolute atomic E-state index is 12.0. The van der Waals surface area contributed by atoms with Gasteiger partial charge in [0.25, 0.3) is 0 Å². The van der Waals surface area contributed by atoms with Crippen LogP contribution in [0.5, 0.6) is 0 Å². The molecular formula is C12H17N3O5. The highest BCUT2D eigenvalue weighted by molar-refractivity contribution is 5.82. The molecule has 2 unspecified atom stereocenters. The van der Waals surface area contributed by atoms with Crippen LogP contribution in [0.15, 0.2) is 12.5 Å². The summed E-state index contributed by atoms with van der Waals surface area (Å²) in [5.74, 6) is -1.36. The van der Waals surface area contributed by atoms with Crippen LogP contribution in [0.4, 0.5) is 0 Å². The standard InChI is InChI=1S/C12H17N3O5/c1-14-7-13-5-8(14)10-11(12(17)18)20-6-9(16)15(10)3-4-19-2/h5,7,10-11H,3-4,6H2,1-2H3,(H,17,18). The molecule has 0 spiro atoms. The van der Waals surface area contributed by atoms with Crippen molar-refractivity contribution in [2.75, 3.05) is 26.9 Å². The van der Waals surface area contributed by atoms with Gasteiger partial charge in [-0.05, 0) is 0 Å². The minimum absolute atomic E-state index is 0.241. The lowest BCUT2D eigenvalue weighted by molar-refractivity contribution is -0.174. The minimum Gasteiger partial charge on any atom is -0.479 e. The van der Waals surface area contributed by atoms with Crippen LogP contribution in [-0.4, -0.2) is 64.4 Å². The third kappa shape index (κ3) is 2.66. The van der Waals surface area contributed by atoms with Crippen molar-refractivity contribution in [1.82, 2.24) is 14.5 Å². The van der Waals surface area contributed by atoms with Gasteiger partial charge in [0.2, 0.25) is 5.91 Å². The SMILES string of the molecule is COCCN1C(=O)COC(C(=O)O)C1c1cncn1C. The Bertz CT molecular complexity index is 501. The predicted molar refractivity (Wildman–Crippen MR) is 66.9 cm³/mol. The average Bonchev–Trinajstić information content (AvgIpc) is 2.82. The molecule has 0 radical (unpaired) electrons. The highest BCUT2D eigenvalue weighted by Crippen LogP contribution is 2.29. The molecule has 8 heteroatoms. The highest BCUT2D eigenvalue weighted by Gasteiger charge is 2.42. The van der Waals surface area contributed by atoms with Gasteiger partial charge >= 0.3 is 5.97 Å². The molecule has 1 aliphatic rings. The molecule has 0 aliphatic carbocycles. The summed E-state index contributed by atoms with van der Waals surface area (Å²) in [6, 6.07) is -0.712. The number of methoxy groups -OCH3 is 1. The molecule has 1 amide bonds. The Morgan fingerprint density at radius 2 is 2.40 bits per heavy atom. The Morgan fingerprint density at radius 3 is 2.95 bits per heavy atom. The van der Waals surface area contributed by atoms with E-state index < -0.39 is 18.1 Å². The summed E-state index contributed by atoms with van der Waals surface area (Å²) in [6.07, 6.45) is 1.99. The van der Waals surface area contributed by atoms with Crippen molar-refractivity contribution < 1.29 is 24.2 Å². The zero-order valence-electron chi connectivity index (χ0n) is 11.4. The minimum atomic E-state index is -1.11. The summed E-state index contributed by atoms with van der Waals surface area (Å²) in [5.41, 5.74) is 0.613. The van der Waals surface area contributed by atoms with Crippen LogP contribution >= 0.6 is 0 Å². The summed E-state index contributed by atoms with van der Waals surface area (Å²) >= 11 is 0. The molecule has 2 atom stereocenters. The van der Waals surface area contributed by atoms with Gasteiger partial charge in [-0.2, -0.15) is 0 Å². The molecule has 1 saturated heterocycles. The largest absolute Gasteiger partial charge is 0.479 e. The number of morpholine rings is 1. The van der Waals surface area contributed by atoms with E-state index in [4.69, 9.17) is 9.47 Å². The van der Waals surface area contributed by atoms with Gasteiger partial charge in [0, 0.05) is 20.7 Å². The number of aryl methyl sites for hydroxylation is 1. The first kappa shape index (κ1) is 14.5. The molecule has 0 bridgehead atoms. The number of aliphatic carboxylic acids is 1. The molecule has 0 saturated carbocycles. The Hall–Kier alpha value is -1.93. The first-order valence-corrected chi connectivity index (χ1v) is 6.15. The van der Waals surface area contributed by atoms with E-state index in [1.54, 1.807) is 24.1 Å². The number of carboxylic acids is 1. The first-order valence-electron chi connectivity index (χ1n) is 6.15. The van der Waals surface area contributed by atoms with Gasteiger partial charge in [0.05, 0.1) is 24.8 Å². The number of imidazole rings is 1. The van der Waals surface area contributed by atoms with Gasteiger partial charge in [-0.15, -0.1) is 0 Å². The molecule has 1 aliphatic heterocycles. The molecule has 20 heavy (non-hydrogen) atoms. The van der Waals surface area contributed by atoms with Gasteiger partial charge in [0.1, 0.15) is 12.6 Å². The number of hydrogen-bond donors (Lipinski definition) is 1. The number of amides is 1. The lowest BCUT2D eigenvalue weighted by Crippen LogP contribution is -2.53. The lowest BCUT2D eigenvalue weighted by atomic mass is 10.0. The van der Waals surface area contributed by atoms with Gasteiger partial charge < -0.3 is 24.0 Å². The Labute approximate surface area is 115 Å². The maximum atomic E-state index is 12.0. The highest BCUT2D eigenvalue weighted by atomic mass is 16.5. The van der Waals surface area contributed by atoms with Crippen LogP contribution in [0.2, 0.25) is 0 Å². The van der Waals surface area contributed by atoms with Crippen molar-refractivity contribution >= 4 is 11.9 Å². The van der Waals surface area contributed by atoms with E-state index in [0.29, 0.717) is 18.8 Å². The maximum Gasteiger partial charge on any atom is 0.335 e. The van der Waals surface area contributed by atoms with E-state index in [2.05, 4.69) is 4.98 Å². The van der Waals surface area contributed by atoms with Crippen molar-refractivity contribution in [1.29, 1.82) is 0 Å². The molecule has 2 rings (SSSR count). The molecule has 1 aromatic heterocycles. The smallest absolute Gasteiger partial charge is 0.335 e. The quantitative estimate of drug-likeness (QED) is 0.777. The van der Waals surface area contributed by atoms with Crippen molar-refractivity contribution in [3.05, 3.63) is 18.2 Å². The van der Waals surface area contributed by atoms with Crippen molar-refractivity contribution in [3.8, 4) is 0 Å². The van der Waals surface area contributed by atoms with E-state index in [1.807, 2.05) is 0 Å². The number of ether oxygens (including phenoxy) is 2. The van der Waals surface area contributed by atoms with Crippen LogP contribution in [0.1, 0.15) is 11.7 Å². The molecule has 1 N–H and O–H groups in total. The fourth-order valence-corrected chi connectivity index (χ4v) is 2.28. The van der Waals surface area contributed by atoms with Crippen LogP contribution in [0.3, 0.4) is 0 Å². The van der Waals surface area contributed by atoms with Gasteiger partial charge in [-0.25, -0.2) is 9.78 Å². The van der Waals surface area contributed by atoms with E-state index in [1.165, 1.54) is 12.0 Å². The third-order valence-corrected chi connectivity index (χ3v) is 3.27. The molecule has 8 nitrogen and oxygen atoms in total. The average molecular weight is 283 g/mol. The fraction of sp³-hybridized carbons (Fsp3) is 0.583. The number of aromatic nitrogens is 2. The second-order valence-corrected chi connectivity index (χ2v) is 4.52. The van der Waals surface area contributed by atoms with Crippen LogP contribution < -0.4 is 0 Å². The third-order valence-electron chi connectivity index (χ3n) is 3.27. The van der Waals surface area contributed by atoms with Crippen LogP contribution in [0.25, 0.3) is 0 Å². The van der Waals surface area contributed by atoms with Gasteiger partial charge in [0.15, 0.2) is 6.10 Å². The van der Waals surface area contributed by atoms with E-state index in [-0.39, 0.29) is 12.5 Å². The Kier molecular flexibility index (Phi) is 4.35. The zero-order chi connectivity index (χ0) is 14.7. The van der Waals surface area contributed by atoms with Crippen molar-refractivity contribution in [3.63, 3.8) is 0 Å². The predicted octanol–water partition coefficient (Wildman–Crippen LogP) is -0.580. The summed E-state index contributed by atoms with van der Waals surface area (Å²) in [7, 11) is 3.27. The summed E-state index contributed by atoms with van der Waals surface area (Å²) in [5, 5.41) is 9.30. The monoisotopic (exact) mass is 283 g/mol. The summed E-state index contributed by atoms with van der Waals surface area (Å²) < 4.78 is 11.8. The number of carbonyl (C=O) groups excluding carboxylic acids is 1. The number of nitrogens with zero attached hydrogens (tertiary/aromatic N) is 3. The number of carbonyl (C=O) groups is 2. The van der Waals surface area contributed by atoms with E-state index in [0.717, 1.165) is 0 Å². The normalized spacial score (nSPS) is 23.1. The molecule has 0 aromatic carbocycles. The topological polar surface area (TPSA) is 93.9 Å². The second-order valence-electron chi connectivity index (χ2n) is 4.52. The van der Waals surface area contributed by atoms with E-state index in [9.17, 15) is 14.7 Å². The van der Waals surface area contributed by atoms with Gasteiger partial charge in [-0.1, -0.05) is 0 Å². The fourth-order valence-electron chi connectivity index (χ4n) is 2.28. The number of hydrogen-bond acceptors (Lipinski definition) is 5. The van der Waals surface area contributed by atoms with E-state index >= 15 is 0 Å². The second kappa shape index (κ2) is 6.02. The van der Waals surface area contributed by atoms with Crippen LogP contribution in [0, 0.1) is 0 Å². The summed E-state index contributed by atoms with van der Waals surface area (Å²) in [4.78, 5) is 28.8. The van der Waals surface area contributed by atoms with Crippen molar-refractivity contribution in [2.24, 2.45) is 7.05 Å². The first-order chi connectivity index (χ1) is 9.56. The molecular weight excluding hydrogens is 266 g/mol. The van der Waals surface area contributed by atoms with Crippen molar-refractivity contribution in [2.45, 2.75) is 12.1 Å². The molecule has 1 fully saturated rings. The Balaban J connectivity index is 2.36. The number of carboxylic acid groups (broad SMARTS) is 1. The van der Waals surface area contributed by atoms with Gasteiger partial charge in [-0.3, -0.25) is 4.79 Å². The lowest BCUT2D eigenvalue weighted by Gasteiger charge is -2.39. The van der Waals surface area contributed by atoms with Crippen LogP contribution in [-0.2, 0) is 26.1 Å².